The number of hydrogen-bond donors (Lipinski definition) is 2. The highest BCUT2D eigenvalue weighted by atomic mass is 16.2. The van der Waals surface area contributed by atoms with Gasteiger partial charge in [-0.25, -0.2) is 0 Å². The first-order chi connectivity index (χ1) is 10.7. The van der Waals surface area contributed by atoms with E-state index in [1.807, 2.05) is 36.4 Å². The van der Waals surface area contributed by atoms with Gasteiger partial charge in [-0.2, -0.15) is 0 Å². The average molecular weight is 293 g/mol. The summed E-state index contributed by atoms with van der Waals surface area (Å²) in [5.74, 6) is -0.936. The molecule has 1 aliphatic heterocycles. The van der Waals surface area contributed by atoms with Crippen LogP contribution in [0.2, 0.25) is 0 Å². The van der Waals surface area contributed by atoms with Crippen molar-refractivity contribution < 1.29 is 9.59 Å². The molecule has 1 heterocycles. The number of nitrogens with zero attached hydrogens (tertiary/aromatic N) is 1. The molecule has 1 fully saturated rings. The number of ketones is 1. The Balaban J connectivity index is 1.76. The Bertz CT molecular complexity index is 713. The Hall–Kier alpha value is -2.95. The van der Waals surface area contributed by atoms with Crippen molar-refractivity contribution in [2.24, 2.45) is 0 Å². The molecular weight excluding hydrogens is 278 g/mol. The van der Waals surface area contributed by atoms with E-state index in [1.165, 1.54) is 5.01 Å². The van der Waals surface area contributed by atoms with E-state index in [-0.39, 0.29) is 24.1 Å². The van der Waals surface area contributed by atoms with Gasteiger partial charge >= 0.3 is 0 Å². The number of carbonyl (C=O) groups excluding carboxylic acids is 2. The number of amides is 1. The van der Waals surface area contributed by atoms with Crippen LogP contribution in [0.25, 0.3) is 0 Å². The predicted octanol–water partition coefficient (Wildman–Crippen LogP) is 1.98. The molecule has 0 radical (unpaired) electrons. The SMILES string of the molecule is N=C1C(c2ccccc2)C(=O)CN1NC(=O)c1ccccc1. The standard InChI is InChI=1S/C17H15N3O2/c18-16-15(12-7-3-1-4-8-12)14(21)11-20(16)19-17(22)13-9-5-2-6-10-13/h1-10,15,18H,11H2,(H,19,22). The second-order valence-electron chi connectivity index (χ2n) is 5.09. The van der Waals surface area contributed by atoms with E-state index in [4.69, 9.17) is 5.41 Å². The molecule has 0 saturated carbocycles. The Morgan fingerprint density at radius 3 is 2.27 bits per heavy atom. The van der Waals surface area contributed by atoms with E-state index < -0.39 is 5.92 Å². The molecule has 0 spiro atoms. The summed E-state index contributed by atoms with van der Waals surface area (Å²) in [5.41, 5.74) is 3.89. The first-order valence-electron chi connectivity index (χ1n) is 6.96. The van der Waals surface area contributed by atoms with Gasteiger partial charge in [-0.15, -0.1) is 0 Å². The van der Waals surface area contributed by atoms with Crippen LogP contribution in [0.5, 0.6) is 0 Å². The Morgan fingerprint density at radius 1 is 1.05 bits per heavy atom. The molecule has 3 rings (SSSR count). The van der Waals surface area contributed by atoms with Crippen LogP contribution in [0.3, 0.4) is 0 Å². The molecule has 2 N–H and O–H groups in total. The van der Waals surface area contributed by atoms with E-state index in [1.54, 1.807) is 24.3 Å². The lowest BCUT2D eigenvalue weighted by Crippen LogP contribution is -2.43. The van der Waals surface area contributed by atoms with Gasteiger partial charge in [0.2, 0.25) is 0 Å². The largest absolute Gasteiger partial charge is 0.296 e. The number of rotatable bonds is 3. The molecule has 0 aromatic heterocycles. The van der Waals surface area contributed by atoms with Crippen LogP contribution in [-0.2, 0) is 4.79 Å². The zero-order valence-corrected chi connectivity index (χ0v) is 11.8. The van der Waals surface area contributed by atoms with Gasteiger partial charge in [0.1, 0.15) is 18.3 Å². The Morgan fingerprint density at radius 2 is 1.64 bits per heavy atom. The Labute approximate surface area is 128 Å². The van der Waals surface area contributed by atoms with Crippen LogP contribution in [0.4, 0.5) is 0 Å². The fourth-order valence-corrected chi connectivity index (χ4v) is 2.51. The molecular formula is C17H15N3O2. The van der Waals surface area contributed by atoms with Crippen molar-refractivity contribution in [3.63, 3.8) is 0 Å². The van der Waals surface area contributed by atoms with Crippen molar-refractivity contribution in [2.75, 3.05) is 6.54 Å². The minimum Gasteiger partial charge on any atom is -0.296 e. The third-order valence-electron chi connectivity index (χ3n) is 3.61. The molecule has 5 heteroatoms. The first-order valence-corrected chi connectivity index (χ1v) is 6.96. The topological polar surface area (TPSA) is 73.3 Å². The maximum atomic E-state index is 12.2. The maximum absolute atomic E-state index is 12.2. The predicted molar refractivity (Wildman–Crippen MR) is 82.5 cm³/mol. The molecule has 1 saturated heterocycles. The molecule has 2 aromatic carbocycles. The van der Waals surface area contributed by atoms with E-state index >= 15 is 0 Å². The van der Waals surface area contributed by atoms with Gasteiger partial charge in [-0.05, 0) is 17.7 Å². The molecule has 0 aliphatic carbocycles. The lowest BCUT2D eigenvalue weighted by molar-refractivity contribution is -0.118. The first kappa shape index (κ1) is 14.0. The minimum atomic E-state index is -0.614. The van der Waals surface area contributed by atoms with Gasteiger partial charge in [0.05, 0.1) is 0 Å². The summed E-state index contributed by atoms with van der Waals surface area (Å²) in [5, 5.41) is 9.49. The lowest BCUT2D eigenvalue weighted by Gasteiger charge is -2.19. The second kappa shape index (κ2) is 5.81. The number of amidine groups is 1. The van der Waals surface area contributed by atoms with Crippen LogP contribution in [0.15, 0.2) is 60.7 Å². The van der Waals surface area contributed by atoms with Gasteiger partial charge in [-0.3, -0.25) is 25.4 Å². The Kier molecular flexibility index (Phi) is 3.70. The van der Waals surface area contributed by atoms with Crippen molar-refractivity contribution in [2.45, 2.75) is 5.92 Å². The summed E-state index contributed by atoms with van der Waals surface area (Å²) < 4.78 is 0. The fraction of sp³-hybridized carbons (Fsp3) is 0.118. The molecule has 2 aromatic rings. The summed E-state index contributed by atoms with van der Waals surface area (Å²) >= 11 is 0. The second-order valence-corrected chi connectivity index (χ2v) is 5.09. The third kappa shape index (κ3) is 2.61. The third-order valence-corrected chi connectivity index (χ3v) is 3.61. The van der Waals surface area contributed by atoms with Crippen molar-refractivity contribution in [1.29, 1.82) is 5.41 Å². The van der Waals surface area contributed by atoms with Gasteiger partial charge in [0.25, 0.3) is 5.91 Å². The smallest absolute Gasteiger partial charge is 0.269 e. The van der Waals surface area contributed by atoms with Crippen LogP contribution < -0.4 is 5.43 Å². The minimum absolute atomic E-state index is 0.0109. The molecule has 22 heavy (non-hydrogen) atoms. The normalized spacial score (nSPS) is 17.6. The molecule has 1 aliphatic rings. The highest BCUT2D eigenvalue weighted by Crippen LogP contribution is 2.24. The van der Waals surface area contributed by atoms with Crippen LogP contribution in [-0.4, -0.2) is 29.1 Å². The number of hydrazine groups is 1. The van der Waals surface area contributed by atoms with Crippen molar-refractivity contribution in [3.05, 3.63) is 71.8 Å². The summed E-state index contributed by atoms with van der Waals surface area (Å²) in [4.78, 5) is 24.3. The van der Waals surface area contributed by atoms with E-state index in [9.17, 15) is 9.59 Å². The van der Waals surface area contributed by atoms with Crippen molar-refractivity contribution in [3.8, 4) is 0 Å². The number of nitrogens with one attached hydrogen (secondary N) is 2. The van der Waals surface area contributed by atoms with Gasteiger partial charge in [0.15, 0.2) is 5.78 Å². The van der Waals surface area contributed by atoms with Crippen LogP contribution in [0.1, 0.15) is 21.8 Å². The molecule has 1 unspecified atom stereocenters. The number of hydrogen-bond acceptors (Lipinski definition) is 3. The quantitative estimate of drug-likeness (QED) is 0.908. The molecule has 1 atom stereocenters. The zero-order valence-electron chi connectivity index (χ0n) is 11.8. The summed E-state index contributed by atoms with van der Waals surface area (Å²) in [6, 6.07) is 17.9. The highest BCUT2D eigenvalue weighted by Gasteiger charge is 2.38. The lowest BCUT2D eigenvalue weighted by atomic mass is 9.97. The van der Waals surface area contributed by atoms with Gasteiger partial charge in [-0.1, -0.05) is 48.5 Å². The molecule has 1 amide bonds. The highest BCUT2D eigenvalue weighted by molar-refractivity contribution is 6.14. The summed E-state index contributed by atoms with van der Waals surface area (Å²) in [7, 11) is 0. The van der Waals surface area contributed by atoms with Crippen molar-refractivity contribution >= 4 is 17.5 Å². The molecule has 5 nitrogen and oxygen atoms in total. The van der Waals surface area contributed by atoms with E-state index in [0.717, 1.165) is 5.56 Å². The zero-order chi connectivity index (χ0) is 15.5. The van der Waals surface area contributed by atoms with Crippen molar-refractivity contribution in [1.82, 2.24) is 10.4 Å². The molecule has 110 valence electrons. The fourth-order valence-electron chi connectivity index (χ4n) is 2.51. The number of benzene rings is 2. The molecule has 0 bridgehead atoms. The maximum Gasteiger partial charge on any atom is 0.269 e. The van der Waals surface area contributed by atoms with E-state index in [0.29, 0.717) is 5.56 Å². The monoisotopic (exact) mass is 293 g/mol. The van der Waals surface area contributed by atoms with Crippen LogP contribution in [0, 0.1) is 5.41 Å². The van der Waals surface area contributed by atoms with Crippen LogP contribution >= 0.6 is 0 Å². The van der Waals surface area contributed by atoms with Gasteiger partial charge in [0, 0.05) is 5.56 Å². The summed E-state index contributed by atoms with van der Waals surface area (Å²) in [6.07, 6.45) is 0. The average Bonchev–Trinajstić information content (AvgIpc) is 2.83. The number of carbonyl (C=O) groups is 2. The van der Waals surface area contributed by atoms with Gasteiger partial charge < -0.3 is 0 Å². The van der Waals surface area contributed by atoms with E-state index in [2.05, 4.69) is 5.43 Å². The number of Topliss-reactive ketones (excluding diaryl/α,β-unsaturated/α-hetero) is 1. The summed E-state index contributed by atoms with van der Waals surface area (Å²) in [6.45, 7) is 0.0109.